The van der Waals surface area contributed by atoms with E-state index in [0.29, 0.717) is 0 Å². The minimum Gasteiger partial charge on any atom is -0.377 e. The van der Waals surface area contributed by atoms with Crippen LogP contribution >= 0.6 is 0 Å². The molecule has 0 N–H and O–H groups in total. The van der Waals surface area contributed by atoms with Gasteiger partial charge in [-0.05, 0) is 32.4 Å². The van der Waals surface area contributed by atoms with Crippen LogP contribution in [0.2, 0.25) is 0 Å². The van der Waals surface area contributed by atoms with E-state index in [-0.39, 0.29) is 0 Å². The van der Waals surface area contributed by atoms with Crippen molar-refractivity contribution < 1.29 is 4.74 Å². The summed E-state index contributed by atoms with van der Waals surface area (Å²) in [4.78, 5) is 0. The Bertz CT molecular complexity index is 330. The van der Waals surface area contributed by atoms with Crippen molar-refractivity contribution in [2.24, 2.45) is 0 Å². The van der Waals surface area contributed by atoms with Crippen molar-refractivity contribution in [3.05, 3.63) is 35.2 Å². The molecule has 2 rings (SSSR count). The van der Waals surface area contributed by atoms with Gasteiger partial charge in [0, 0.05) is 17.9 Å². The van der Waals surface area contributed by atoms with E-state index in [2.05, 4.69) is 36.6 Å². The standard InChI is InChI=1S/C12H17NO/c1-10-3-4-11(2)13(10)9-12-5-7-14-8-6-12/h3-5H,6-9H2,1-2H3. The molecule has 1 aromatic rings. The van der Waals surface area contributed by atoms with Crippen molar-refractivity contribution in [3.8, 4) is 0 Å². The van der Waals surface area contributed by atoms with Gasteiger partial charge in [0.1, 0.15) is 0 Å². The number of nitrogens with zero attached hydrogens (tertiary/aromatic N) is 1. The van der Waals surface area contributed by atoms with Crippen LogP contribution in [0.25, 0.3) is 0 Å². The van der Waals surface area contributed by atoms with E-state index in [1.54, 1.807) is 0 Å². The lowest BCUT2D eigenvalue weighted by Gasteiger charge is -2.16. The first-order valence-corrected chi connectivity index (χ1v) is 5.16. The molecule has 0 aromatic carbocycles. The maximum atomic E-state index is 5.29. The average molecular weight is 191 g/mol. The second kappa shape index (κ2) is 4.01. The van der Waals surface area contributed by atoms with Crippen LogP contribution in [0.5, 0.6) is 0 Å². The van der Waals surface area contributed by atoms with E-state index in [9.17, 15) is 0 Å². The number of aryl methyl sites for hydroxylation is 2. The van der Waals surface area contributed by atoms with Gasteiger partial charge >= 0.3 is 0 Å². The molecule has 0 saturated carbocycles. The SMILES string of the molecule is Cc1ccc(C)n1CC1=CCOCC1. The van der Waals surface area contributed by atoms with Gasteiger partial charge in [0.05, 0.1) is 13.2 Å². The van der Waals surface area contributed by atoms with Gasteiger partial charge in [-0.3, -0.25) is 0 Å². The summed E-state index contributed by atoms with van der Waals surface area (Å²) in [5, 5.41) is 0. The lowest BCUT2D eigenvalue weighted by molar-refractivity contribution is 0.153. The lowest BCUT2D eigenvalue weighted by Crippen LogP contribution is -2.11. The van der Waals surface area contributed by atoms with E-state index >= 15 is 0 Å². The van der Waals surface area contributed by atoms with Crippen molar-refractivity contribution in [2.75, 3.05) is 13.2 Å². The Morgan fingerprint density at radius 3 is 2.57 bits per heavy atom. The molecule has 0 unspecified atom stereocenters. The Kier molecular flexibility index (Phi) is 2.73. The number of aromatic nitrogens is 1. The maximum absolute atomic E-state index is 5.29. The highest BCUT2D eigenvalue weighted by Crippen LogP contribution is 2.14. The highest BCUT2D eigenvalue weighted by atomic mass is 16.5. The molecule has 76 valence electrons. The van der Waals surface area contributed by atoms with Crippen LogP contribution < -0.4 is 0 Å². The number of hydrogen-bond donors (Lipinski definition) is 0. The van der Waals surface area contributed by atoms with Crippen molar-refractivity contribution in [2.45, 2.75) is 26.8 Å². The van der Waals surface area contributed by atoms with Crippen LogP contribution in [0.4, 0.5) is 0 Å². The van der Waals surface area contributed by atoms with E-state index in [1.165, 1.54) is 17.0 Å². The Balaban J connectivity index is 2.13. The van der Waals surface area contributed by atoms with Gasteiger partial charge in [0.15, 0.2) is 0 Å². The highest BCUT2D eigenvalue weighted by molar-refractivity contribution is 5.17. The van der Waals surface area contributed by atoms with Crippen LogP contribution in [0, 0.1) is 13.8 Å². The van der Waals surface area contributed by atoms with Gasteiger partial charge in [0.2, 0.25) is 0 Å². The highest BCUT2D eigenvalue weighted by Gasteiger charge is 2.06. The fraction of sp³-hybridized carbons (Fsp3) is 0.500. The molecule has 1 aliphatic rings. The van der Waals surface area contributed by atoms with Crippen molar-refractivity contribution in [3.63, 3.8) is 0 Å². The van der Waals surface area contributed by atoms with E-state index < -0.39 is 0 Å². The van der Waals surface area contributed by atoms with Gasteiger partial charge in [-0.15, -0.1) is 0 Å². The van der Waals surface area contributed by atoms with E-state index in [4.69, 9.17) is 4.74 Å². The molecule has 0 bridgehead atoms. The quantitative estimate of drug-likeness (QED) is 0.655. The van der Waals surface area contributed by atoms with Gasteiger partial charge in [-0.1, -0.05) is 11.6 Å². The van der Waals surface area contributed by atoms with Gasteiger partial charge < -0.3 is 9.30 Å². The Morgan fingerprint density at radius 1 is 1.29 bits per heavy atom. The van der Waals surface area contributed by atoms with Gasteiger partial charge in [-0.2, -0.15) is 0 Å². The van der Waals surface area contributed by atoms with E-state index in [0.717, 1.165) is 26.2 Å². The summed E-state index contributed by atoms with van der Waals surface area (Å²) in [5.74, 6) is 0. The first kappa shape index (κ1) is 9.53. The molecular weight excluding hydrogens is 174 g/mol. The number of hydrogen-bond acceptors (Lipinski definition) is 1. The summed E-state index contributed by atoms with van der Waals surface area (Å²) in [5.41, 5.74) is 4.18. The second-order valence-corrected chi connectivity index (χ2v) is 3.89. The molecule has 2 heterocycles. The average Bonchev–Trinajstić information content (AvgIpc) is 2.51. The zero-order valence-electron chi connectivity index (χ0n) is 8.92. The molecule has 0 radical (unpaired) electrons. The van der Waals surface area contributed by atoms with Crippen LogP contribution in [0.15, 0.2) is 23.8 Å². The lowest BCUT2D eigenvalue weighted by atomic mass is 10.1. The third-order valence-corrected chi connectivity index (χ3v) is 2.84. The predicted molar refractivity (Wildman–Crippen MR) is 57.4 cm³/mol. The molecule has 2 heteroatoms. The predicted octanol–water partition coefficient (Wildman–Crippen LogP) is 2.45. The Hall–Kier alpha value is -1.02. The molecule has 0 fully saturated rings. The first-order chi connectivity index (χ1) is 6.77. The summed E-state index contributed by atoms with van der Waals surface area (Å²) in [6, 6.07) is 4.35. The minimum atomic E-state index is 0.786. The third-order valence-electron chi connectivity index (χ3n) is 2.84. The zero-order chi connectivity index (χ0) is 9.97. The summed E-state index contributed by atoms with van der Waals surface area (Å²) in [6.45, 7) is 7.02. The summed E-state index contributed by atoms with van der Waals surface area (Å²) in [7, 11) is 0. The fourth-order valence-electron chi connectivity index (χ4n) is 1.86. The van der Waals surface area contributed by atoms with Crippen molar-refractivity contribution in [1.82, 2.24) is 4.57 Å². The second-order valence-electron chi connectivity index (χ2n) is 3.89. The topological polar surface area (TPSA) is 14.2 Å². The number of rotatable bonds is 2. The molecule has 0 aliphatic carbocycles. The molecule has 14 heavy (non-hydrogen) atoms. The Morgan fingerprint density at radius 2 is 2.00 bits per heavy atom. The molecule has 0 atom stereocenters. The smallest absolute Gasteiger partial charge is 0.0650 e. The Labute approximate surface area is 85.2 Å². The molecular formula is C12H17NO. The fourth-order valence-corrected chi connectivity index (χ4v) is 1.86. The largest absolute Gasteiger partial charge is 0.377 e. The summed E-state index contributed by atoms with van der Waals surface area (Å²) < 4.78 is 7.65. The molecule has 2 nitrogen and oxygen atoms in total. The molecule has 0 saturated heterocycles. The monoisotopic (exact) mass is 191 g/mol. The molecule has 1 aliphatic heterocycles. The van der Waals surface area contributed by atoms with Crippen molar-refractivity contribution >= 4 is 0 Å². The first-order valence-electron chi connectivity index (χ1n) is 5.16. The third kappa shape index (κ3) is 1.90. The van der Waals surface area contributed by atoms with E-state index in [1.807, 2.05) is 0 Å². The maximum Gasteiger partial charge on any atom is 0.0650 e. The minimum absolute atomic E-state index is 0.786. The summed E-state index contributed by atoms with van der Waals surface area (Å²) in [6.07, 6.45) is 3.29. The van der Waals surface area contributed by atoms with Crippen molar-refractivity contribution in [1.29, 1.82) is 0 Å². The van der Waals surface area contributed by atoms with Gasteiger partial charge in [-0.25, -0.2) is 0 Å². The van der Waals surface area contributed by atoms with Crippen LogP contribution in [-0.2, 0) is 11.3 Å². The molecule has 0 amide bonds. The van der Waals surface area contributed by atoms with Crippen LogP contribution in [0.3, 0.4) is 0 Å². The number of ether oxygens (including phenoxy) is 1. The normalized spacial score (nSPS) is 16.9. The summed E-state index contributed by atoms with van der Waals surface area (Å²) >= 11 is 0. The van der Waals surface area contributed by atoms with Crippen LogP contribution in [-0.4, -0.2) is 17.8 Å². The molecule has 1 aromatic heterocycles. The molecule has 0 spiro atoms. The van der Waals surface area contributed by atoms with Gasteiger partial charge in [0.25, 0.3) is 0 Å². The zero-order valence-corrected chi connectivity index (χ0v) is 8.92. The van der Waals surface area contributed by atoms with Crippen LogP contribution in [0.1, 0.15) is 17.8 Å².